The number of aliphatic hydroxyl groups is 1. The van der Waals surface area contributed by atoms with E-state index >= 15 is 0 Å². The predicted octanol–water partition coefficient (Wildman–Crippen LogP) is 2.66. The summed E-state index contributed by atoms with van der Waals surface area (Å²) in [6.45, 7) is 0.908. The SMILES string of the molecule is OC(CCCC1CCCO1)c1ccco1. The van der Waals surface area contributed by atoms with E-state index in [4.69, 9.17) is 9.15 Å². The first kappa shape index (κ1) is 10.7. The van der Waals surface area contributed by atoms with E-state index in [-0.39, 0.29) is 0 Å². The van der Waals surface area contributed by atoms with Crippen molar-refractivity contribution in [3.05, 3.63) is 24.2 Å². The van der Waals surface area contributed by atoms with E-state index < -0.39 is 6.10 Å². The average molecular weight is 210 g/mol. The molecule has 2 atom stereocenters. The van der Waals surface area contributed by atoms with Gasteiger partial charge in [0.05, 0.1) is 12.4 Å². The maximum Gasteiger partial charge on any atom is 0.132 e. The molecule has 3 heteroatoms. The summed E-state index contributed by atoms with van der Waals surface area (Å²) < 4.78 is 10.7. The highest BCUT2D eigenvalue weighted by atomic mass is 16.5. The lowest BCUT2D eigenvalue weighted by molar-refractivity contribution is 0.0908. The summed E-state index contributed by atoms with van der Waals surface area (Å²) >= 11 is 0. The zero-order valence-corrected chi connectivity index (χ0v) is 8.89. The number of aliphatic hydroxyl groups excluding tert-OH is 1. The van der Waals surface area contributed by atoms with Crippen molar-refractivity contribution in [3.63, 3.8) is 0 Å². The fraction of sp³-hybridized carbons (Fsp3) is 0.667. The summed E-state index contributed by atoms with van der Waals surface area (Å²) in [6, 6.07) is 3.62. The monoisotopic (exact) mass is 210 g/mol. The van der Waals surface area contributed by atoms with Crippen LogP contribution in [0.15, 0.2) is 22.8 Å². The number of hydrogen-bond donors (Lipinski definition) is 1. The summed E-state index contributed by atoms with van der Waals surface area (Å²) in [5.41, 5.74) is 0. The molecule has 0 saturated carbocycles. The van der Waals surface area contributed by atoms with Crippen molar-refractivity contribution in [2.75, 3.05) is 6.61 Å². The van der Waals surface area contributed by atoms with Gasteiger partial charge in [0.15, 0.2) is 0 Å². The molecular weight excluding hydrogens is 192 g/mol. The van der Waals surface area contributed by atoms with Gasteiger partial charge in [-0.05, 0) is 44.2 Å². The Morgan fingerprint density at radius 3 is 3.13 bits per heavy atom. The van der Waals surface area contributed by atoms with Gasteiger partial charge in [0.25, 0.3) is 0 Å². The van der Waals surface area contributed by atoms with Crippen LogP contribution in [0.1, 0.15) is 44.0 Å². The van der Waals surface area contributed by atoms with Gasteiger partial charge in [-0.3, -0.25) is 0 Å². The second-order valence-electron chi connectivity index (χ2n) is 4.10. The van der Waals surface area contributed by atoms with Crippen molar-refractivity contribution in [2.45, 2.75) is 44.3 Å². The quantitative estimate of drug-likeness (QED) is 0.812. The van der Waals surface area contributed by atoms with E-state index in [0.29, 0.717) is 11.9 Å². The Bertz CT molecular complexity index is 262. The topological polar surface area (TPSA) is 42.6 Å². The summed E-state index contributed by atoms with van der Waals surface area (Å²) in [4.78, 5) is 0. The molecule has 0 radical (unpaired) electrons. The third-order valence-corrected chi connectivity index (χ3v) is 2.90. The second kappa shape index (κ2) is 5.33. The molecule has 1 saturated heterocycles. The molecule has 1 N–H and O–H groups in total. The molecule has 1 fully saturated rings. The summed E-state index contributed by atoms with van der Waals surface area (Å²) in [7, 11) is 0. The van der Waals surface area contributed by atoms with Gasteiger partial charge in [-0.1, -0.05) is 0 Å². The molecule has 1 aromatic rings. The van der Waals surface area contributed by atoms with Crippen molar-refractivity contribution < 1.29 is 14.3 Å². The Labute approximate surface area is 90.0 Å². The van der Waals surface area contributed by atoms with Gasteiger partial charge < -0.3 is 14.3 Å². The van der Waals surface area contributed by atoms with E-state index in [1.165, 1.54) is 12.8 Å². The first-order chi connectivity index (χ1) is 7.36. The van der Waals surface area contributed by atoms with Gasteiger partial charge in [0.1, 0.15) is 11.9 Å². The van der Waals surface area contributed by atoms with Gasteiger partial charge in [0, 0.05) is 6.61 Å². The molecule has 0 amide bonds. The molecule has 2 heterocycles. The van der Waals surface area contributed by atoms with Crippen LogP contribution in [0.25, 0.3) is 0 Å². The highest BCUT2D eigenvalue weighted by Crippen LogP contribution is 2.23. The van der Waals surface area contributed by atoms with Crippen molar-refractivity contribution >= 4 is 0 Å². The van der Waals surface area contributed by atoms with Crippen LogP contribution in [-0.4, -0.2) is 17.8 Å². The smallest absolute Gasteiger partial charge is 0.132 e. The lowest BCUT2D eigenvalue weighted by Crippen LogP contribution is -2.05. The van der Waals surface area contributed by atoms with E-state index in [1.54, 1.807) is 12.3 Å². The third-order valence-electron chi connectivity index (χ3n) is 2.90. The van der Waals surface area contributed by atoms with Gasteiger partial charge >= 0.3 is 0 Å². The number of hydrogen-bond acceptors (Lipinski definition) is 3. The van der Waals surface area contributed by atoms with Crippen LogP contribution >= 0.6 is 0 Å². The van der Waals surface area contributed by atoms with Crippen LogP contribution in [-0.2, 0) is 4.74 Å². The fourth-order valence-electron chi connectivity index (χ4n) is 2.03. The van der Waals surface area contributed by atoms with Crippen LogP contribution in [0.4, 0.5) is 0 Å². The molecule has 84 valence electrons. The average Bonchev–Trinajstić information content (AvgIpc) is 2.90. The lowest BCUT2D eigenvalue weighted by atomic mass is 10.1. The van der Waals surface area contributed by atoms with Gasteiger partial charge in [-0.25, -0.2) is 0 Å². The van der Waals surface area contributed by atoms with Gasteiger partial charge in [-0.2, -0.15) is 0 Å². The fourth-order valence-corrected chi connectivity index (χ4v) is 2.03. The highest BCUT2D eigenvalue weighted by molar-refractivity contribution is 5.01. The van der Waals surface area contributed by atoms with Gasteiger partial charge in [-0.15, -0.1) is 0 Å². The summed E-state index contributed by atoms with van der Waals surface area (Å²) in [5, 5.41) is 9.75. The van der Waals surface area contributed by atoms with E-state index in [2.05, 4.69) is 0 Å². The van der Waals surface area contributed by atoms with E-state index in [9.17, 15) is 5.11 Å². The molecule has 0 aromatic carbocycles. The molecule has 2 unspecified atom stereocenters. The number of furan rings is 1. The minimum absolute atomic E-state index is 0.425. The minimum Gasteiger partial charge on any atom is -0.467 e. The standard InChI is InChI=1S/C12H18O3/c13-11(12-7-3-9-15-12)6-1-4-10-5-2-8-14-10/h3,7,9-11,13H,1-2,4-6,8H2. The Balaban J connectivity index is 1.65. The molecule has 3 nitrogen and oxygen atoms in total. The number of rotatable bonds is 5. The maximum atomic E-state index is 9.75. The Hall–Kier alpha value is -0.800. The van der Waals surface area contributed by atoms with Crippen molar-refractivity contribution in [2.24, 2.45) is 0 Å². The highest BCUT2D eigenvalue weighted by Gasteiger charge is 2.16. The zero-order chi connectivity index (χ0) is 10.5. The van der Waals surface area contributed by atoms with Crippen molar-refractivity contribution in [1.29, 1.82) is 0 Å². The first-order valence-corrected chi connectivity index (χ1v) is 5.69. The van der Waals surface area contributed by atoms with Crippen LogP contribution in [0, 0.1) is 0 Å². The molecule has 0 bridgehead atoms. The molecule has 0 spiro atoms. The normalized spacial score (nSPS) is 23.1. The maximum absolute atomic E-state index is 9.75. The Kier molecular flexibility index (Phi) is 3.80. The lowest BCUT2D eigenvalue weighted by Gasteiger charge is -2.10. The molecule has 2 rings (SSSR count). The van der Waals surface area contributed by atoms with Crippen LogP contribution in [0.5, 0.6) is 0 Å². The third kappa shape index (κ3) is 3.08. The first-order valence-electron chi connectivity index (χ1n) is 5.69. The predicted molar refractivity (Wildman–Crippen MR) is 56.5 cm³/mol. The molecule has 1 aliphatic heterocycles. The second-order valence-corrected chi connectivity index (χ2v) is 4.10. The zero-order valence-electron chi connectivity index (χ0n) is 8.89. The number of ether oxygens (including phenoxy) is 1. The molecular formula is C12H18O3. The minimum atomic E-state index is -0.457. The molecule has 15 heavy (non-hydrogen) atoms. The summed E-state index contributed by atoms with van der Waals surface area (Å²) in [6.07, 6.45) is 6.73. The van der Waals surface area contributed by atoms with Gasteiger partial charge in [0.2, 0.25) is 0 Å². The van der Waals surface area contributed by atoms with E-state index in [1.807, 2.05) is 6.07 Å². The largest absolute Gasteiger partial charge is 0.467 e. The Morgan fingerprint density at radius 2 is 2.47 bits per heavy atom. The van der Waals surface area contributed by atoms with Crippen molar-refractivity contribution in [1.82, 2.24) is 0 Å². The van der Waals surface area contributed by atoms with Crippen LogP contribution in [0.3, 0.4) is 0 Å². The van der Waals surface area contributed by atoms with Crippen LogP contribution in [0.2, 0.25) is 0 Å². The van der Waals surface area contributed by atoms with E-state index in [0.717, 1.165) is 25.9 Å². The van der Waals surface area contributed by atoms with Crippen LogP contribution < -0.4 is 0 Å². The summed E-state index contributed by atoms with van der Waals surface area (Å²) in [5.74, 6) is 0.669. The molecule has 0 aliphatic carbocycles. The molecule has 1 aromatic heterocycles. The molecule has 1 aliphatic rings. The Morgan fingerprint density at radius 1 is 1.53 bits per heavy atom. The van der Waals surface area contributed by atoms with Crippen molar-refractivity contribution in [3.8, 4) is 0 Å².